The Labute approximate surface area is 133 Å². The molecule has 0 spiro atoms. The Morgan fingerprint density at radius 3 is 3.09 bits per heavy atom. The maximum atomic E-state index is 11.7. The minimum atomic E-state index is -0.938. The summed E-state index contributed by atoms with van der Waals surface area (Å²) in [6, 6.07) is 5.63. The summed E-state index contributed by atoms with van der Waals surface area (Å²) >= 11 is 1.61. The number of rotatable bonds is 8. The van der Waals surface area contributed by atoms with Crippen molar-refractivity contribution in [3.63, 3.8) is 0 Å². The zero-order valence-electron chi connectivity index (χ0n) is 12.8. The summed E-state index contributed by atoms with van der Waals surface area (Å²) in [5.41, 5.74) is 1.77. The minimum absolute atomic E-state index is 0.327. The highest BCUT2D eigenvalue weighted by atomic mass is 32.2. The first-order chi connectivity index (χ1) is 10.6. The van der Waals surface area contributed by atoms with Gasteiger partial charge in [-0.05, 0) is 30.6 Å². The molecule has 0 aliphatic rings. The molecule has 0 unspecified atom stereocenters. The average molecular weight is 323 g/mol. The minimum Gasteiger partial charge on any atom is -0.497 e. The van der Waals surface area contributed by atoms with E-state index >= 15 is 0 Å². The number of carbonyl (C=O) groups excluding carboxylic acids is 1. The number of H-pyrrole nitrogens is 1. The topological polar surface area (TPSA) is 87.2 Å². The molecule has 1 amide bonds. The van der Waals surface area contributed by atoms with Crippen LogP contribution < -0.4 is 10.1 Å². The summed E-state index contributed by atoms with van der Waals surface area (Å²) in [6.45, 7) is 0.437. The molecule has 6 nitrogen and oxygen atoms in total. The zero-order valence-corrected chi connectivity index (χ0v) is 13.6. The van der Waals surface area contributed by atoms with Gasteiger partial charge in [-0.2, -0.15) is 11.8 Å². The van der Waals surface area contributed by atoms with E-state index in [2.05, 4.69) is 15.3 Å². The van der Waals surface area contributed by atoms with Gasteiger partial charge in [-0.15, -0.1) is 0 Å². The molecule has 0 radical (unpaired) electrons. The maximum absolute atomic E-state index is 11.7. The lowest BCUT2D eigenvalue weighted by Crippen LogP contribution is -2.36. The molecule has 1 aromatic carbocycles. The highest BCUT2D eigenvalue weighted by Gasteiger charge is 2.13. The number of aliphatic hydroxyl groups excluding tert-OH is 1. The second kappa shape index (κ2) is 8.05. The lowest BCUT2D eigenvalue weighted by Gasteiger charge is -2.09. The van der Waals surface area contributed by atoms with Crippen molar-refractivity contribution in [2.45, 2.75) is 18.9 Å². The van der Waals surface area contributed by atoms with Gasteiger partial charge in [-0.1, -0.05) is 0 Å². The van der Waals surface area contributed by atoms with E-state index in [-0.39, 0.29) is 5.91 Å². The summed E-state index contributed by atoms with van der Waals surface area (Å²) in [7, 11) is 1.62. The fourth-order valence-electron chi connectivity index (χ4n) is 2.07. The molecule has 3 N–H and O–H groups in total. The van der Waals surface area contributed by atoms with Gasteiger partial charge in [0.2, 0.25) is 5.91 Å². The Morgan fingerprint density at radius 1 is 1.55 bits per heavy atom. The van der Waals surface area contributed by atoms with Crippen LogP contribution in [0.1, 0.15) is 12.2 Å². The van der Waals surface area contributed by atoms with Gasteiger partial charge >= 0.3 is 0 Å². The first-order valence-electron chi connectivity index (χ1n) is 7.11. The summed E-state index contributed by atoms with van der Waals surface area (Å²) in [5.74, 6) is 2.00. The number of benzene rings is 1. The van der Waals surface area contributed by atoms with Crippen LogP contribution in [-0.4, -0.2) is 52.7 Å². The normalized spacial score (nSPS) is 12.3. The van der Waals surface area contributed by atoms with Gasteiger partial charge in [0.25, 0.3) is 0 Å². The van der Waals surface area contributed by atoms with Crippen LogP contribution in [0.4, 0.5) is 0 Å². The number of aromatic amines is 1. The predicted octanol–water partition coefficient (Wildman–Crippen LogP) is 1.34. The Kier molecular flexibility index (Phi) is 6.09. The third-order valence-electron chi connectivity index (χ3n) is 3.30. The van der Waals surface area contributed by atoms with Gasteiger partial charge in [-0.25, -0.2) is 4.98 Å². The number of methoxy groups -OCH3 is 1. The number of hydrogen-bond donors (Lipinski definition) is 3. The van der Waals surface area contributed by atoms with Crippen molar-refractivity contribution in [1.29, 1.82) is 0 Å². The standard InChI is InChI=1S/C15H21N3O3S/c1-21-10-3-4-11-12(9-10)18-14(17-11)5-7-16-15(20)13(19)6-8-22-2/h3-4,9,13,19H,5-8H2,1-2H3,(H,16,20)(H,17,18)/t13-/m0/s1. The second-order valence-corrected chi connectivity index (χ2v) is 5.89. The third-order valence-corrected chi connectivity index (χ3v) is 3.94. The van der Waals surface area contributed by atoms with Gasteiger partial charge in [0, 0.05) is 19.0 Å². The van der Waals surface area contributed by atoms with Crippen molar-refractivity contribution in [2.75, 3.05) is 25.7 Å². The number of fused-ring (bicyclic) bond motifs is 1. The summed E-state index contributed by atoms with van der Waals surface area (Å²) < 4.78 is 5.17. The highest BCUT2D eigenvalue weighted by Crippen LogP contribution is 2.18. The van der Waals surface area contributed by atoms with Gasteiger partial charge in [0.15, 0.2) is 0 Å². The van der Waals surface area contributed by atoms with Crippen LogP contribution in [0.15, 0.2) is 18.2 Å². The Morgan fingerprint density at radius 2 is 2.36 bits per heavy atom. The fraction of sp³-hybridized carbons (Fsp3) is 0.467. The number of aliphatic hydroxyl groups is 1. The van der Waals surface area contributed by atoms with Crippen LogP contribution in [-0.2, 0) is 11.2 Å². The van der Waals surface area contributed by atoms with Crippen molar-refractivity contribution >= 4 is 28.7 Å². The zero-order chi connectivity index (χ0) is 15.9. The molecule has 0 saturated carbocycles. The van der Waals surface area contributed by atoms with Crippen molar-refractivity contribution < 1.29 is 14.6 Å². The number of carbonyl (C=O) groups is 1. The number of nitrogens with one attached hydrogen (secondary N) is 2. The maximum Gasteiger partial charge on any atom is 0.248 e. The molecule has 1 heterocycles. The van der Waals surface area contributed by atoms with E-state index in [0.717, 1.165) is 28.4 Å². The molecule has 1 aromatic heterocycles. The number of imidazole rings is 1. The van der Waals surface area contributed by atoms with Crippen LogP contribution in [0.3, 0.4) is 0 Å². The Bertz CT molecular complexity index is 630. The number of nitrogens with zero attached hydrogens (tertiary/aromatic N) is 1. The van der Waals surface area contributed by atoms with E-state index in [1.165, 1.54) is 0 Å². The second-order valence-electron chi connectivity index (χ2n) is 4.90. The van der Waals surface area contributed by atoms with Gasteiger partial charge in [0.1, 0.15) is 17.7 Å². The molecule has 0 aliphatic heterocycles. The lowest BCUT2D eigenvalue weighted by molar-refractivity contribution is -0.129. The van der Waals surface area contributed by atoms with Crippen molar-refractivity contribution in [3.8, 4) is 5.75 Å². The molecule has 2 rings (SSSR count). The third kappa shape index (κ3) is 4.38. The smallest absolute Gasteiger partial charge is 0.248 e. The van der Waals surface area contributed by atoms with Crippen molar-refractivity contribution in [3.05, 3.63) is 24.0 Å². The van der Waals surface area contributed by atoms with Gasteiger partial charge in [0.05, 0.1) is 18.1 Å². The number of thioether (sulfide) groups is 1. The lowest BCUT2D eigenvalue weighted by atomic mass is 10.2. The Hall–Kier alpha value is -1.73. The molecular weight excluding hydrogens is 302 g/mol. The highest BCUT2D eigenvalue weighted by molar-refractivity contribution is 7.98. The molecule has 0 bridgehead atoms. The van der Waals surface area contributed by atoms with Crippen LogP contribution in [0.5, 0.6) is 5.75 Å². The largest absolute Gasteiger partial charge is 0.497 e. The SMILES string of the molecule is COc1ccc2nc(CCNC(=O)[C@@H](O)CCSC)[nH]c2c1. The number of aromatic nitrogens is 2. The van der Waals surface area contributed by atoms with Crippen LogP contribution in [0.25, 0.3) is 11.0 Å². The number of ether oxygens (including phenoxy) is 1. The summed E-state index contributed by atoms with van der Waals surface area (Å²) in [5, 5.41) is 12.4. The molecule has 0 aliphatic carbocycles. The van der Waals surface area contributed by atoms with E-state index in [1.807, 2.05) is 24.5 Å². The molecule has 1 atom stereocenters. The average Bonchev–Trinajstić information content (AvgIpc) is 2.93. The van der Waals surface area contributed by atoms with Crippen LogP contribution >= 0.6 is 11.8 Å². The van der Waals surface area contributed by atoms with Crippen molar-refractivity contribution in [1.82, 2.24) is 15.3 Å². The molecule has 7 heteroatoms. The van der Waals surface area contributed by atoms with E-state index in [1.54, 1.807) is 18.9 Å². The Balaban J connectivity index is 1.85. The molecule has 2 aromatic rings. The van der Waals surface area contributed by atoms with Crippen molar-refractivity contribution in [2.24, 2.45) is 0 Å². The molecule has 22 heavy (non-hydrogen) atoms. The fourth-order valence-corrected chi connectivity index (χ4v) is 2.53. The molecular formula is C15H21N3O3S. The molecule has 0 saturated heterocycles. The monoisotopic (exact) mass is 323 g/mol. The first kappa shape index (κ1) is 16.6. The van der Waals surface area contributed by atoms with Crippen LogP contribution in [0, 0.1) is 0 Å². The number of hydrogen-bond acceptors (Lipinski definition) is 5. The van der Waals surface area contributed by atoms with E-state index in [4.69, 9.17) is 4.74 Å². The van der Waals surface area contributed by atoms with E-state index in [0.29, 0.717) is 19.4 Å². The summed E-state index contributed by atoms with van der Waals surface area (Å²) in [6.07, 6.45) is 2.06. The first-order valence-corrected chi connectivity index (χ1v) is 8.50. The molecule has 120 valence electrons. The summed E-state index contributed by atoms with van der Waals surface area (Å²) in [4.78, 5) is 19.3. The van der Waals surface area contributed by atoms with E-state index < -0.39 is 6.10 Å². The molecule has 0 fully saturated rings. The quantitative estimate of drug-likeness (QED) is 0.682. The number of amides is 1. The van der Waals surface area contributed by atoms with Gasteiger partial charge in [-0.3, -0.25) is 4.79 Å². The van der Waals surface area contributed by atoms with Crippen LogP contribution in [0.2, 0.25) is 0 Å². The van der Waals surface area contributed by atoms with E-state index in [9.17, 15) is 9.90 Å². The predicted molar refractivity (Wildman–Crippen MR) is 88.4 cm³/mol. The van der Waals surface area contributed by atoms with Gasteiger partial charge < -0.3 is 20.1 Å².